The summed E-state index contributed by atoms with van der Waals surface area (Å²) in [5, 5.41) is 4.11. The molecule has 0 aliphatic carbocycles. The Bertz CT molecular complexity index is 403. The summed E-state index contributed by atoms with van der Waals surface area (Å²) in [7, 11) is 1.93. The number of aryl methyl sites for hydroxylation is 1. The molecule has 0 radical (unpaired) electrons. The molecule has 0 bridgehead atoms. The van der Waals surface area contributed by atoms with Crippen molar-refractivity contribution in [3.8, 4) is 11.3 Å². The molecule has 0 aliphatic rings. The van der Waals surface area contributed by atoms with Gasteiger partial charge in [-0.2, -0.15) is 5.10 Å². The highest BCUT2D eigenvalue weighted by molar-refractivity contribution is 7.80. The Hall–Kier alpha value is -1.22. The van der Waals surface area contributed by atoms with Crippen molar-refractivity contribution >= 4 is 12.6 Å². The Labute approximate surface area is 82.6 Å². The van der Waals surface area contributed by atoms with E-state index < -0.39 is 0 Å². The largest absolute Gasteiger partial charge is 0.268 e. The van der Waals surface area contributed by atoms with Gasteiger partial charge in [-0.25, -0.2) is 0 Å². The van der Waals surface area contributed by atoms with Crippen LogP contribution < -0.4 is 0 Å². The second-order valence-electron chi connectivity index (χ2n) is 2.89. The summed E-state index contributed by atoms with van der Waals surface area (Å²) >= 11 is 4.23. The lowest BCUT2D eigenvalue weighted by Gasteiger charge is -2.01. The molecule has 0 saturated carbocycles. The predicted molar refractivity (Wildman–Crippen MR) is 55.9 cm³/mol. The fourth-order valence-electron chi connectivity index (χ4n) is 1.29. The molecule has 0 saturated heterocycles. The summed E-state index contributed by atoms with van der Waals surface area (Å²) in [5.74, 6) is 0. The van der Waals surface area contributed by atoms with Crippen molar-refractivity contribution in [2.45, 2.75) is 4.90 Å². The average molecular weight is 190 g/mol. The fraction of sp³-hybridized carbons (Fsp3) is 0.100. The van der Waals surface area contributed by atoms with Crippen LogP contribution in [0.3, 0.4) is 0 Å². The maximum atomic E-state index is 4.23. The Balaban J connectivity index is 2.47. The highest BCUT2D eigenvalue weighted by Gasteiger charge is 2.00. The van der Waals surface area contributed by atoms with E-state index in [0.29, 0.717) is 0 Å². The third-order valence-electron chi connectivity index (χ3n) is 1.98. The molecule has 1 aromatic carbocycles. The molecule has 13 heavy (non-hydrogen) atoms. The molecule has 1 heterocycles. The van der Waals surface area contributed by atoms with Crippen molar-refractivity contribution in [2.24, 2.45) is 7.05 Å². The fourth-order valence-corrected chi connectivity index (χ4v) is 1.44. The van der Waals surface area contributed by atoms with E-state index >= 15 is 0 Å². The van der Waals surface area contributed by atoms with Crippen molar-refractivity contribution in [3.05, 3.63) is 36.5 Å². The standard InChI is InChI=1S/C10H10N2S/c1-12-10(6-7-11-12)8-2-4-9(13)5-3-8/h2-7,13H,1H3. The summed E-state index contributed by atoms with van der Waals surface area (Å²) < 4.78 is 1.85. The van der Waals surface area contributed by atoms with Crippen LogP contribution in [-0.4, -0.2) is 9.78 Å². The Morgan fingerprint density at radius 3 is 2.38 bits per heavy atom. The summed E-state index contributed by atoms with van der Waals surface area (Å²) in [6, 6.07) is 10.0. The molecule has 0 atom stereocenters. The van der Waals surface area contributed by atoms with E-state index in [-0.39, 0.29) is 0 Å². The van der Waals surface area contributed by atoms with Crippen LogP contribution in [0.25, 0.3) is 11.3 Å². The summed E-state index contributed by atoms with van der Waals surface area (Å²) in [4.78, 5) is 0.978. The van der Waals surface area contributed by atoms with E-state index in [1.807, 2.05) is 42.1 Å². The lowest BCUT2D eigenvalue weighted by molar-refractivity contribution is 0.776. The van der Waals surface area contributed by atoms with Gasteiger partial charge in [-0.1, -0.05) is 12.1 Å². The zero-order chi connectivity index (χ0) is 9.26. The zero-order valence-electron chi connectivity index (χ0n) is 7.31. The molecule has 0 amide bonds. The van der Waals surface area contributed by atoms with Crippen molar-refractivity contribution in [1.82, 2.24) is 9.78 Å². The topological polar surface area (TPSA) is 17.8 Å². The van der Waals surface area contributed by atoms with Gasteiger partial charge in [0.1, 0.15) is 0 Å². The predicted octanol–water partition coefficient (Wildman–Crippen LogP) is 2.38. The lowest BCUT2D eigenvalue weighted by atomic mass is 10.1. The van der Waals surface area contributed by atoms with Crippen LogP contribution in [0.1, 0.15) is 0 Å². The van der Waals surface area contributed by atoms with Crippen LogP contribution >= 0.6 is 12.6 Å². The van der Waals surface area contributed by atoms with Gasteiger partial charge in [0.2, 0.25) is 0 Å². The first-order valence-electron chi connectivity index (χ1n) is 4.05. The monoisotopic (exact) mass is 190 g/mol. The van der Waals surface area contributed by atoms with Gasteiger partial charge in [0.05, 0.1) is 5.69 Å². The third kappa shape index (κ3) is 1.60. The summed E-state index contributed by atoms with van der Waals surface area (Å²) in [6.07, 6.45) is 1.80. The second kappa shape index (κ2) is 3.26. The van der Waals surface area contributed by atoms with Gasteiger partial charge in [0.25, 0.3) is 0 Å². The quantitative estimate of drug-likeness (QED) is 0.683. The zero-order valence-corrected chi connectivity index (χ0v) is 8.20. The van der Waals surface area contributed by atoms with E-state index in [1.54, 1.807) is 6.20 Å². The van der Waals surface area contributed by atoms with Gasteiger partial charge < -0.3 is 0 Å². The first-order chi connectivity index (χ1) is 6.27. The van der Waals surface area contributed by atoms with E-state index in [2.05, 4.69) is 17.7 Å². The van der Waals surface area contributed by atoms with Crippen LogP contribution in [0.4, 0.5) is 0 Å². The molecule has 66 valence electrons. The smallest absolute Gasteiger partial charge is 0.0678 e. The normalized spacial score (nSPS) is 10.3. The van der Waals surface area contributed by atoms with Crippen LogP contribution in [-0.2, 0) is 7.05 Å². The molecular weight excluding hydrogens is 180 g/mol. The highest BCUT2D eigenvalue weighted by atomic mass is 32.1. The van der Waals surface area contributed by atoms with Gasteiger partial charge in [0.15, 0.2) is 0 Å². The number of benzene rings is 1. The van der Waals surface area contributed by atoms with E-state index in [1.165, 1.54) is 0 Å². The SMILES string of the molecule is Cn1nccc1-c1ccc(S)cc1. The molecule has 0 spiro atoms. The average Bonchev–Trinajstić information content (AvgIpc) is 2.53. The molecule has 2 aromatic rings. The van der Waals surface area contributed by atoms with Crippen LogP contribution in [0, 0.1) is 0 Å². The minimum Gasteiger partial charge on any atom is -0.268 e. The van der Waals surface area contributed by atoms with Crippen LogP contribution in [0.15, 0.2) is 41.4 Å². The molecule has 0 aliphatic heterocycles. The van der Waals surface area contributed by atoms with Crippen molar-refractivity contribution in [2.75, 3.05) is 0 Å². The number of thiol groups is 1. The van der Waals surface area contributed by atoms with Crippen molar-refractivity contribution in [3.63, 3.8) is 0 Å². The molecule has 0 unspecified atom stereocenters. The third-order valence-corrected chi connectivity index (χ3v) is 2.28. The summed E-state index contributed by atoms with van der Waals surface area (Å²) in [6.45, 7) is 0. The Kier molecular flexibility index (Phi) is 2.10. The van der Waals surface area contributed by atoms with Crippen LogP contribution in [0.2, 0.25) is 0 Å². The maximum Gasteiger partial charge on any atom is 0.0678 e. The molecule has 0 fully saturated rings. The minimum absolute atomic E-state index is 0.978. The van der Waals surface area contributed by atoms with Crippen LogP contribution in [0.5, 0.6) is 0 Å². The number of nitrogens with zero attached hydrogens (tertiary/aromatic N) is 2. The lowest BCUT2D eigenvalue weighted by Crippen LogP contribution is -1.92. The van der Waals surface area contributed by atoms with Crippen molar-refractivity contribution in [1.29, 1.82) is 0 Å². The van der Waals surface area contributed by atoms with Gasteiger partial charge in [-0.05, 0) is 23.8 Å². The molecular formula is C10H10N2S. The van der Waals surface area contributed by atoms with E-state index in [9.17, 15) is 0 Å². The molecule has 1 aromatic heterocycles. The van der Waals surface area contributed by atoms with Crippen molar-refractivity contribution < 1.29 is 0 Å². The number of hydrogen-bond acceptors (Lipinski definition) is 2. The molecule has 0 N–H and O–H groups in total. The first kappa shape index (κ1) is 8.38. The second-order valence-corrected chi connectivity index (χ2v) is 3.40. The van der Waals surface area contributed by atoms with Gasteiger partial charge >= 0.3 is 0 Å². The summed E-state index contributed by atoms with van der Waals surface area (Å²) in [5.41, 5.74) is 2.28. The van der Waals surface area contributed by atoms with E-state index in [4.69, 9.17) is 0 Å². The van der Waals surface area contributed by atoms with Gasteiger partial charge in [-0.3, -0.25) is 4.68 Å². The van der Waals surface area contributed by atoms with Gasteiger partial charge in [0, 0.05) is 18.1 Å². The maximum absolute atomic E-state index is 4.23. The van der Waals surface area contributed by atoms with E-state index in [0.717, 1.165) is 16.2 Å². The minimum atomic E-state index is 0.978. The highest BCUT2D eigenvalue weighted by Crippen LogP contribution is 2.19. The number of hydrogen-bond donors (Lipinski definition) is 1. The number of rotatable bonds is 1. The molecule has 2 rings (SSSR count). The first-order valence-corrected chi connectivity index (χ1v) is 4.49. The Morgan fingerprint density at radius 1 is 1.15 bits per heavy atom. The van der Waals surface area contributed by atoms with Gasteiger partial charge in [-0.15, -0.1) is 12.6 Å². The number of aromatic nitrogens is 2. The molecule has 2 nitrogen and oxygen atoms in total. The molecule has 3 heteroatoms. The Morgan fingerprint density at radius 2 is 1.85 bits per heavy atom.